The van der Waals surface area contributed by atoms with Gasteiger partial charge in [0.1, 0.15) is 0 Å². The van der Waals surface area contributed by atoms with Crippen molar-refractivity contribution in [1.29, 1.82) is 0 Å². The molecule has 0 radical (unpaired) electrons. The first-order valence-corrected chi connectivity index (χ1v) is 9.21. The van der Waals surface area contributed by atoms with Gasteiger partial charge in [0.05, 0.1) is 31.9 Å². The predicted octanol–water partition coefficient (Wildman–Crippen LogP) is 2.70. The van der Waals surface area contributed by atoms with Gasteiger partial charge in [0, 0.05) is 24.8 Å². The highest BCUT2D eigenvalue weighted by Gasteiger charge is 2.25. The van der Waals surface area contributed by atoms with Crippen molar-refractivity contribution in [2.75, 3.05) is 38.4 Å². The number of carbonyl (C=O) groups is 2. The second kappa shape index (κ2) is 8.65. The van der Waals surface area contributed by atoms with Gasteiger partial charge in [-0.3, -0.25) is 9.59 Å². The van der Waals surface area contributed by atoms with Gasteiger partial charge in [-0.1, -0.05) is 12.1 Å². The van der Waals surface area contributed by atoms with Crippen molar-refractivity contribution in [3.63, 3.8) is 0 Å². The second-order valence-electron chi connectivity index (χ2n) is 6.72. The summed E-state index contributed by atoms with van der Waals surface area (Å²) in [5.41, 5.74) is 7.96. The molecule has 7 heteroatoms. The van der Waals surface area contributed by atoms with E-state index in [4.69, 9.17) is 15.2 Å². The third kappa shape index (κ3) is 4.36. The van der Waals surface area contributed by atoms with Crippen LogP contribution in [0, 0.1) is 0 Å². The number of nitrogens with two attached hydrogens (primary N) is 1. The molecule has 0 spiro atoms. The summed E-state index contributed by atoms with van der Waals surface area (Å²) < 4.78 is 10.7. The first-order valence-electron chi connectivity index (χ1n) is 9.21. The first-order chi connectivity index (χ1) is 13.5. The van der Waals surface area contributed by atoms with Crippen molar-refractivity contribution in [3.8, 4) is 11.5 Å². The Kier molecular flexibility index (Phi) is 6.03. The summed E-state index contributed by atoms with van der Waals surface area (Å²) in [6.45, 7) is 1.43. The van der Waals surface area contributed by atoms with Crippen molar-refractivity contribution in [1.82, 2.24) is 4.90 Å². The molecule has 1 aliphatic heterocycles. The zero-order valence-corrected chi connectivity index (χ0v) is 16.2. The lowest BCUT2D eigenvalue weighted by atomic mass is 10.1. The van der Waals surface area contributed by atoms with E-state index in [0.717, 1.165) is 18.4 Å². The Bertz CT molecular complexity index is 859. The molecule has 2 aromatic rings. The van der Waals surface area contributed by atoms with Crippen LogP contribution in [0.4, 0.5) is 11.4 Å². The number of likely N-dealkylation sites (tertiary alicyclic amines) is 1. The topological polar surface area (TPSA) is 93.9 Å². The highest BCUT2D eigenvalue weighted by Crippen LogP contribution is 2.34. The molecule has 3 rings (SSSR count). The number of amides is 2. The number of benzene rings is 2. The third-order valence-corrected chi connectivity index (χ3v) is 4.77. The number of nitrogen functional groups attached to an aromatic ring is 1. The molecule has 1 saturated heterocycles. The van der Waals surface area contributed by atoms with Gasteiger partial charge >= 0.3 is 0 Å². The zero-order valence-electron chi connectivity index (χ0n) is 16.2. The standard InChI is InChI=1S/C21H25N3O4/c1-27-18-12-16(21(26)24-9-3-4-10-24)17(13-19(18)28-2)23-20(25)11-14-5-7-15(22)8-6-14/h5-8,12-13H,3-4,9-11,22H2,1-2H3,(H,23,25). The molecule has 0 unspecified atom stereocenters. The molecule has 28 heavy (non-hydrogen) atoms. The highest BCUT2D eigenvalue weighted by atomic mass is 16.5. The van der Waals surface area contributed by atoms with Crippen LogP contribution in [0.5, 0.6) is 11.5 Å². The fourth-order valence-electron chi connectivity index (χ4n) is 3.27. The molecule has 7 nitrogen and oxygen atoms in total. The maximum absolute atomic E-state index is 13.0. The molecule has 2 aromatic carbocycles. The summed E-state index contributed by atoms with van der Waals surface area (Å²) in [4.78, 5) is 27.3. The Morgan fingerprint density at radius 2 is 1.64 bits per heavy atom. The van der Waals surface area contributed by atoms with Crippen molar-refractivity contribution in [3.05, 3.63) is 47.5 Å². The molecule has 0 aliphatic carbocycles. The minimum atomic E-state index is -0.229. The molecule has 0 saturated carbocycles. The molecule has 3 N–H and O–H groups in total. The SMILES string of the molecule is COc1cc(NC(=O)Cc2ccc(N)cc2)c(C(=O)N2CCCC2)cc1OC. The number of nitrogens with one attached hydrogen (secondary N) is 1. The summed E-state index contributed by atoms with van der Waals surface area (Å²) in [5.74, 6) is 0.540. The van der Waals surface area contributed by atoms with Gasteiger partial charge in [0.15, 0.2) is 11.5 Å². The monoisotopic (exact) mass is 383 g/mol. The number of hydrogen-bond donors (Lipinski definition) is 2. The number of ether oxygens (including phenoxy) is 2. The highest BCUT2D eigenvalue weighted by molar-refractivity contribution is 6.05. The molecular weight excluding hydrogens is 358 g/mol. The van der Waals surface area contributed by atoms with Crippen LogP contribution < -0.4 is 20.5 Å². The minimum absolute atomic E-state index is 0.124. The van der Waals surface area contributed by atoms with Crippen LogP contribution in [0.1, 0.15) is 28.8 Å². The van der Waals surface area contributed by atoms with Gasteiger partial charge in [-0.25, -0.2) is 0 Å². The van der Waals surface area contributed by atoms with Gasteiger partial charge in [-0.05, 0) is 36.6 Å². The van der Waals surface area contributed by atoms with Crippen LogP contribution >= 0.6 is 0 Å². The van der Waals surface area contributed by atoms with E-state index in [-0.39, 0.29) is 18.2 Å². The van der Waals surface area contributed by atoms with E-state index in [0.29, 0.717) is 41.5 Å². The quantitative estimate of drug-likeness (QED) is 0.748. The smallest absolute Gasteiger partial charge is 0.256 e. The Morgan fingerprint density at radius 3 is 2.25 bits per heavy atom. The van der Waals surface area contributed by atoms with Gasteiger partial charge in [-0.2, -0.15) is 0 Å². The summed E-state index contributed by atoms with van der Waals surface area (Å²) in [7, 11) is 3.03. The fourth-order valence-corrected chi connectivity index (χ4v) is 3.27. The molecule has 148 valence electrons. The van der Waals surface area contributed by atoms with Crippen molar-refractivity contribution in [2.45, 2.75) is 19.3 Å². The van der Waals surface area contributed by atoms with Crippen LogP contribution in [-0.2, 0) is 11.2 Å². The van der Waals surface area contributed by atoms with Crippen LogP contribution in [0.2, 0.25) is 0 Å². The maximum Gasteiger partial charge on any atom is 0.256 e. The molecule has 2 amide bonds. The van der Waals surface area contributed by atoms with E-state index < -0.39 is 0 Å². The lowest BCUT2D eigenvalue weighted by molar-refractivity contribution is -0.115. The number of anilines is 2. The molecule has 0 atom stereocenters. The van der Waals surface area contributed by atoms with E-state index >= 15 is 0 Å². The summed E-state index contributed by atoms with van der Waals surface area (Å²) in [6, 6.07) is 10.4. The maximum atomic E-state index is 13.0. The zero-order chi connectivity index (χ0) is 20.1. The molecule has 1 aliphatic rings. The Balaban J connectivity index is 1.87. The Morgan fingerprint density at radius 1 is 1.04 bits per heavy atom. The molecule has 0 bridgehead atoms. The normalized spacial score (nSPS) is 13.3. The van der Waals surface area contributed by atoms with E-state index in [9.17, 15) is 9.59 Å². The molecule has 0 aromatic heterocycles. The van der Waals surface area contributed by atoms with Crippen molar-refractivity contribution >= 4 is 23.2 Å². The number of hydrogen-bond acceptors (Lipinski definition) is 5. The van der Waals surface area contributed by atoms with E-state index in [1.807, 2.05) is 0 Å². The van der Waals surface area contributed by atoms with Crippen LogP contribution in [0.25, 0.3) is 0 Å². The van der Waals surface area contributed by atoms with Gasteiger partial charge < -0.3 is 25.4 Å². The fraction of sp³-hybridized carbons (Fsp3) is 0.333. The third-order valence-electron chi connectivity index (χ3n) is 4.77. The lowest BCUT2D eigenvalue weighted by Crippen LogP contribution is -2.29. The average Bonchev–Trinajstić information content (AvgIpc) is 3.23. The van der Waals surface area contributed by atoms with E-state index in [2.05, 4.69) is 5.32 Å². The largest absolute Gasteiger partial charge is 0.493 e. The number of nitrogens with zero attached hydrogens (tertiary/aromatic N) is 1. The Labute approximate surface area is 164 Å². The number of carbonyl (C=O) groups excluding carboxylic acids is 2. The van der Waals surface area contributed by atoms with E-state index in [1.54, 1.807) is 41.3 Å². The molecule has 1 heterocycles. The molecular formula is C21H25N3O4. The number of rotatable bonds is 6. The van der Waals surface area contributed by atoms with Gasteiger partial charge in [0.2, 0.25) is 5.91 Å². The van der Waals surface area contributed by atoms with E-state index in [1.165, 1.54) is 14.2 Å². The number of methoxy groups -OCH3 is 2. The predicted molar refractivity (Wildman–Crippen MR) is 108 cm³/mol. The van der Waals surface area contributed by atoms with Crippen molar-refractivity contribution in [2.24, 2.45) is 0 Å². The lowest BCUT2D eigenvalue weighted by Gasteiger charge is -2.20. The summed E-state index contributed by atoms with van der Waals surface area (Å²) >= 11 is 0. The molecule has 1 fully saturated rings. The summed E-state index contributed by atoms with van der Waals surface area (Å²) in [5, 5.41) is 2.85. The summed E-state index contributed by atoms with van der Waals surface area (Å²) in [6.07, 6.45) is 2.14. The minimum Gasteiger partial charge on any atom is -0.493 e. The van der Waals surface area contributed by atoms with Crippen molar-refractivity contribution < 1.29 is 19.1 Å². The van der Waals surface area contributed by atoms with Crippen LogP contribution in [0.15, 0.2) is 36.4 Å². The first kappa shape index (κ1) is 19.5. The Hall–Kier alpha value is -3.22. The van der Waals surface area contributed by atoms with Gasteiger partial charge in [0.25, 0.3) is 5.91 Å². The van der Waals surface area contributed by atoms with Crippen LogP contribution in [0.3, 0.4) is 0 Å². The van der Waals surface area contributed by atoms with Gasteiger partial charge in [-0.15, -0.1) is 0 Å². The van der Waals surface area contributed by atoms with Crippen LogP contribution in [-0.4, -0.2) is 44.0 Å². The second-order valence-corrected chi connectivity index (χ2v) is 6.72. The average molecular weight is 383 g/mol.